The fraction of sp³-hybridized carbons (Fsp3) is 0.423. The third-order valence-electron chi connectivity index (χ3n) is 6.36. The predicted molar refractivity (Wildman–Crippen MR) is 138 cm³/mol. The Labute approximate surface area is 219 Å². The van der Waals surface area contributed by atoms with E-state index >= 15 is 0 Å². The van der Waals surface area contributed by atoms with Crippen molar-refractivity contribution in [1.29, 1.82) is 0 Å². The summed E-state index contributed by atoms with van der Waals surface area (Å²) in [6.07, 6.45) is -0.225. The Morgan fingerprint density at radius 3 is 2.24 bits per heavy atom. The Balaban J connectivity index is 1.93. The number of hydrogen-bond donors (Lipinski definition) is 6. The molecule has 204 valence electrons. The quantitative estimate of drug-likeness (QED) is 0.170. The van der Waals surface area contributed by atoms with Crippen molar-refractivity contribution >= 4 is 40.5 Å². The Morgan fingerprint density at radius 2 is 1.68 bits per heavy atom. The number of rotatable bonds is 7. The number of allylic oxidation sites excluding steroid dienone is 2. The Bertz CT molecular complexity index is 1320. The maximum atomic E-state index is 13.2. The van der Waals surface area contributed by atoms with Crippen LogP contribution in [0.15, 0.2) is 28.7 Å². The van der Waals surface area contributed by atoms with Gasteiger partial charge in [0.25, 0.3) is 5.91 Å². The number of carbonyl (C=O) groups excluding carboxylic acids is 5. The SMILES string of the molecule is CN(C)c1cc(NC(=O)CNC(C)(C)C)c(O)c2c1C[C@@H](CC1=C(O)C(=O)C(C(N)=O)=C(O)C1=O)CC2=O. The maximum absolute atomic E-state index is 13.2. The van der Waals surface area contributed by atoms with E-state index in [-0.39, 0.29) is 48.3 Å². The number of amides is 2. The number of hydrogen-bond acceptors (Lipinski definition) is 10. The van der Waals surface area contributed by atoms with Gasteiger partial charge in [0.15, 0.2) is 17.3 Å². The number of anilines is 2. The zero-order valence-corrected chi connectivity index (χ0v) is 21.9. The van der Waals surface area contributed by atoms with Crippen molar-refractivity contribution in [3.05, 3.63) is 39.9 Å². The summed E-state index contributed by atoms with van der Waals surface area (Å²) in [4.78, 5) is 63.8. The van der Waals surface area contributed by atoms with Gasteiger partial charge in [-0.05, 0) is 51.2 Å². The maximum Gasteiger partial charge on any atom is 0.256 e. The molecule has 0 bridgehead atoms. The highest BCUT2D eigenvalue weighted by Crippen LogP contribution is 2.44. The van der Waals surface area contributed by atoms with Crippen LogP contribution in [-0.2, 0) is 25.6 Å². The molecule has 0 saturated carbocycles. The summed E-state index contributed by atoms with van der Waals surface area (Å²) in [7, 11) is 3.44. The van der Waals surface area contributed by atoms with E-state index in [0.717, 1.165) is 0 Å². The minimum atomic E-state index is -1.35. The molecular weight excluding hydrogens is 496 g/mol. The predicted octanol–water partition coefficient (Wildman–Crippen LogP) is 1.18. The molecule has 2 amide bonds. The summed E-state index contributed by atoms with van der Waals surface area (Å²) < 4.78 is 0. The molecular formula is C26H32N4O8. The lowest BCUT2D eigenvalue weighted by molar-refractivity contribution is -0.124. The summed E-state index contributed by atoms with van der Waals surface area (Å²) in [5.41, 5.74) is 4.43. The van der Waals surface area contributed by atoms with Gasteiger partial charge in [0.05, 0.1) is 17.8 Å². The fourth-order valence-corrected chi connectivity index (χ4v) is 4.54. The molecule has 3 rings (SSSR count). The third kappa shape index (κ3) is 5.54. The molecule has 0 aromatic heterocycles. The summed E-state index contributed by atoms with van der Waals surface area (Å²) >= 11 is 0. The number of nitrogens with zero attached hydrogens (tertiary/aromatic N) is 1. The van der Waals surface area contributed by atoms with Gasteiger partial charge in [-0.15, -0.1) is 0 Å². The molecule has 2 aliphatic rings. The van der Waals surface area contributed by atoms with Crippen molar-refractivity contribution in [3.63, 3.8) is 0 Å². The molecule has 0 fully saturated rings. The number of benzene rings is 1. The van der Waals surface area contributed by atoms with Crippen molar-refractivity contribution in [2.24, 2.45) is 11.7 Å². The lowest BCUT2D eigenvalue weighted by Gasteiger charge is -2.30. The van der Waals surface area contributed by atoms with E-state index < -0.39 is 57.7 Å². The number of nitrogens with one attached hydrogen (secondary N) is 2. The minimum Gasteiger partial charge on any atom is -0.505 e. The number of aliphatic hydroxyl groups excluding tert-OH is 2. The van der Waals surface area contributed by atoms with Gasteiger partial charge in [-0.1, -0.05) is 0 Å². The van der Waals surface area contributed by atoms with E-state index in [0.29, 0.717) is 11.3 Å². The van der Waals surface area contributed by atoms with Crippen LogP contribution in [0.3, 0.4) is 0 Å². The van der Waals surface area contributed by atoms with Gasteiger partial charge in [0, 0.05) is 37.3 Å². The van der Waals surface area contributed by atoms with Crippen molar-refractivity contribution in [1.82, 2.24) is 5.32 Å². The smallest absolute Gasteiger partial charge is 0.256 e. The summed E-state index contributed by atoms with van der Waals surface area (Å²) in [6.45, 7) is 5.68. The topological polar surface area (TPSA) is 199 Å². The molecule has 1 atom stereocenters. The van der Waals surface area contributed by atoms with Gasteiger partial charge in [-0.3, -0.25) is 24.0 Å². The van der Waals surface area contributed by atoms with E-state index in [9.17, 15) is 39.3 Å². The summed E-state index contributed by atoms with van der Waals surface area (Å²) in [5.74, 6) is -7.72. The van der Waals surface area contributed by atoms with Crippen molar-refractivity contribution in [2.75, 3.05) is 30.9 Å². The average molecular weight is 529 g/mol. The number of phenols is 1. The van der Waals surface area contributed by atoms with Gasteiger partial charge in [0.2, 0.25) is 17.5 Å². The van der Waals surface area contributed by atoms with Crippen molar-refractivity contribution < 1.29 is 39.3 Å². The molecule has 2 aliphatic carbocycles. The zero-order valence-electron chi connectivity index (χ0n) is 21.9. The second-order valence-corrected chi connectivity index (χ2v) is 10.7. The van der Waals surface area contributed by atoms with Crippen LogP contribution in [0.4, 0.5) is 11.4 Å². The number of ketones is 3. The number of primary amides is 1. The Morgan fingerprint density at radius 1 is 1.05 bits per heavy atom. The van der Waals surface area contributed by atoms with Crippen LogP contribution >= 0.6 is 0 Å². The highest BCUT2D eigenvalue weighted by molar-refractivity contribution is 6.33. The lowest BCUT2D eigenvalue weighted by atomic mass is 9.76. The van der Waals surface area contributed by atoms with Crippen molar-refractivity contribution in [3.8, 4) is 5.75 Å². The van der Waals surface area contributed by atoms with E-state index in [2.05, 4.69) is 10.6 Å². The molecule has 12 nitrogen and oxygen atoms in total. The number of carbonyl (C=O) groups is 5. The second-order valence-electron chi connectivity index (χ2n) is 10.7. The van der Waals surface area contributed by atoms with Crippen LogP contribution in [-0.4, -0.2) is 70.7 Å². The molecule has 38 heavy (non-hydrogen) atoms. The lowest BCUT2D eigenvalue weighted by Crippen LogP contribution is -2.41. The van der Waals surface area contributed by atoms with Gasteiger partial charge < -0.3 is 36.6 Å². The first-order valence-corrected chi connectivity index (χ1v) is 11.9. The van der Waals surface area contributed by atoms with Crippen LogP contribution in [0.25, 0.3) is 0 Å². The van der Waals surface area contributed by atoms with Gasteiger partial charge in [-0.25, -0.2) is 0 Å². The first kappa shape index (κ1) is 28.4. The minimum absolute atomic E-state index is 0.0164. The third-order valence-corrected chi connectivity index (χ3v) is 6.36. The fourth-order valence-electron chi connectivity index (χ4n) is 4.54. The highest BCUT2D eigenvalue weighted by Gasteiger charge is 2.40. The number of aliphatic hydroxyl groups is 2. The molecule has 0 heterocycles. The summed E-state index contributed by atoms with van der Waals surface area (Å²) in [6, 6.07) is 1.54. The van der Waals surface area contributed by atoms with Crippen LogP contribution in [0.5, 0.6) is 5.75 Å². The monoisotopic (exact) mass is 528 g/mol. The largest absolute Gasteiger partial charge is 0.505 e. The molecule has 12 heteroatoms. The highest BCUT2D eigenvalue weighted by atomic mass is 16.3. The average Bonchev–Trinajstić information content (AvgIpc) is 2.80. The van der Waals surface area contributed by atoms with Gasteiger partial charge >= 0.3 is 0 Å². The molecule has 0 aliphatic heterocycles. The number of nitrogens with two attached hydrogens (primary N) is 1. The number of Topliss-reactive ketones (excluding diaryl/α,β-unsaturated/α-hetero) is 3. The molecule has 0 saturated heterocycles. The zero-order chi connectivity index (χ0) is 28.7. The summed E-state index contributed by atoms with van der Waals surface area (Å²) in [5, 5.41) is 37.0. The van der Waals surface area contributed by atoms with Gasteiger partial charge in [-0.2, -0.15) is 0 Å². The first-order valence-electron chi connectivity index (χ1n) is 11.9. The van der Waals surface area contributed by atoms with E-state index in [1.165, 1.54) is 0 Å². The standard InChI is InChI=1S/C26H32N4O8/c1-26(2,3)28-10-17(32)29-14-9-15(30(4)5)12-6-11(8-16(31)18(12)22(14)35)7-13-20(33)23(36)19(25(27)38)24(37)21(13)34/h9,11,28,33,35,37H,6-8,10H2,1-5H3,(H2,27,38)(H,29,32)/t11-/m0/s1. The van der Waals surface area contributed by atoms with Crippen LogP contribution < -0.4 is 21.3 Å². The molecule has 0 unspecified atom stereocenters. The normalized spacial score (nSPS) is 18.0. The van der Waals surface area contributed by atoms with Crippen LogP contribution in [0, 0.1) is 5.92 Å². The Kier molecular flexibility index (Phi) is 7.68. The van der Waals surface area contributed by atoms with Crippen LogP contribution in [0.2, 0.25) is 0 Å². The van der Waals surface area contributed by atoms with Crippen molar-refractivity contribution in [2.45, 2.75) is 45.6 Å². The first-order chi connectivity index (χ1) is 17.5. The molecule has 1 aromatic rings. The molecule has 1 aromatic carbocycles. The van der Waals surface area contributed by atoms with E-state index in [4.69, 9.17) is 5.73 Å². The number of aromatic hydroxyl groups is 1. The van der Waals surface area contributed by atoms with E-state index in [1.54, 1.807) is 25.1 Å². The van der Waals surface area contributed by atoms with Crippen LogP contribution in [0.1, 0.15) is 49.5 Å². The second kappa shape index (κ2) is 10.3. The van der Waals surface area contributed by atoms with E-state index in [1.807, 2.05) is 20.8 Å². The van der Waals surface area contributed by atoms with Gasteiger partial charge in [0.1, 0.15) is 11.3 Å². The molecule has 7 N–H and O–H groups in total. The number of phenolic OH excluding ortho intramolecular Hbond substituents is 1. The Hall–Kier alpha value is -4.19. The molecule has 0 spiro atoms. The number of fused-ring (bicyclic) bond motifs is 1. The molecule has 0 radical (unpaired) electrons.